The maximum absolute atomic E-state index is 12.2. The molecule has 1 saturated carbocycles. The molecule has 142 valence electrons. The van der Waals surface area contributed by atoms with Crippen LogP contribution in [0.5, 0.6) is 0 Å². The first-order valence-corrected chi connectivity index (χ1v) is 9.51. The highest BCUT2D eigenvalue weighted by atomic mass is 16.2. The number of rotatable bonds is 6. The molecule has 0 spiro atoms. The first-order chi connectivity index (χ1) is 13.1. The number of nitrogens with zero attached hydrogens (tertiary/aromatic N) is 1. The number of anilines is 1. The van der Waals surface area contributed by atoms with Crippen molar-refractivity contribution in [2.24, 2.45) is 11.7 Å². The van der Waals surface area contributed by atoms with Crippen LogP contribution in [0.25, 0.3) is 11.1 Å². The van der Waals surface area contributed by atoms with Gasteiger partial charge in [-0.1, -0.05) is 43.2 Å². The topological polar surface area (TPSA) is 75.4 Å². The number of hydrogen-bond donors (Lipinski definition) is 2. The van der Waals surface area contributed by atoms with Crippen molar-refractivity contribution in [3.8, 4) is 11.1 Å². The van der Waals surface area contributed by atoms with Crippen LogP contribution in [0.15, 0.2) is 48.5 Å². The highest BCUT2D eigenvalue weighted by Crippen LogP contribution is 2.27. The Bertz CT molecular complexity index is 795. The third kappa shape index (κ3) is 4.95. The van der Waals surface area contributed by atoms with Gasteiger partial charge in [0.05, 0.1) is 6.54 Å². The maximum atomic E-state index is 12.2. The molecule has 0 heterocycles. The van der Waals surface area contributed by atoms with Crippen LogP contribution in [0.1, 0.15) is 31.2 Å². The number of nitrogens with two attached hydrogens (primary N) is 1. The fraction of sp³-hybridized carbons (Fsp3) is 0.364. The molecule has 5 nitrogen and oxygen atoms in total. The van der Waals surface area contributed by atoms with Crippen LogP contribution in [-0.2, 0) is 16.1 Å². The van der Waals surface area contributed by atoms with Gasteiger partial charge in [0.25, 0.3) is 0 Å². The van der Waals surface area contributed by atoms with E-state index >= 15 is 0 Å². The number of benzene rings is 2. The van der Waals surface area contributed by atoms with Crippen molar-refractivity contribution >= 4 is 17.5 Å². The lowest BCUT2D eigenvalue weighted by molar-refractivity contribution is -0.128. The van der Waals surface area contributed by atoms with Crippen molar-refractivity contribution in [3.05, 3.63) is 54.1 Å². The molecule has 1 aliphatic rings. The van der Waals surface area contributed by atoms with Crippen molar-refractivity contribution in [1.29, 1.82) is 0 Å². The molecule has 0 aliphatic heterocycles. The Morgan fingerprint density at radius 2 is 1.78 bits per heavy atom. The predicted octanol–water partition coefficient (Wildman–Crippen LogP) is 3.40. The smallest absolute Gasteiger partial charge is 0.236 e. The standard InChI is InChI=1S/C22H27N3O2/c1-25(21(26)14-23)15-16-5-4-8-19(13-16)17-9-11-20(12-10-17)24-22(27)18-6-2-3-7-18/h4-5,8-13,18H,2-3,6-7,14-15,23H2,1H3,(H,24,27). The summed E-state index contributed by atoms with van der Waals surface area (Å²) in [5, 5.41) is 3.02. The minimum atomic E-state index is -0.0808. The van der Waals surface area contributed by atoms with Gasteiger partial charge < -0.3 is 16.0 Å². The molecule has 2 aromatic carbocycles. The zero-order valence-corrected chi connectivity index (χ0v) is 15.8. The molecule has 2 amide bonds. The molecule has 27 heavy (non-hydrogen) atoms. The largest absolute Gasteiger partial charge is 0.340 e. The second kappa shape index (κ2) is 8.82. The lowest BCUT2D eigenvalue weighted by Gasteiger charge is -2.17. The zero-order valence-electron chi connectivity index (χ0n) is 15.8. The molecule has 3 rings (SSSR count). The van der Waals surface area contributed by atoms with Crippen LogP contribution in [-0.4, -0.2) is 30.3 Å². The lowest BCUT2D eigenvalue weighted by atomic mass is 10.0. The summed E-state index contributed by atoms with van der Waals surface area (Å²) < 4.78 is 0. The van der Waals surface area contributed by atoms with Crippen molar-refractivity contribution in [3.63, 3.8) is 0 Å². The predicted molar refractivity (Wildman–Crippen MR) is 108 cm³/mol. The molecule has 1 fully saturated rings. The molecule has 0 unspecified atom stereocenters. The van der Waals surface area contributed by atoms with Crippen LogP contribution in [0.3, 0.4) is 0 Å². The van der Waals surface area contributed by atoms with Crippen LogP contribution < -0.4 is 11.1 Å². The summed E-state index contributed by atoms with van der Waals surface area (Å²) >= 11 is 0. The first-order valence-electron chi connectivity index (χ1n) is 9.51. The molecule has 0 aromatic heterocycles. The van der Waals surface area contributed by atoms with Gasteiger partial charge in [-0.2, -0.15) is 0 Å². The van der Waals surface area contributed by atoms with E-state index in [-0.39, 0.29) is 24.3 Å². The minimum Gasteiger partial charge on any atom is -0.340 e. The molecule has 1 aliphatic carbocycles. The summed E-state index contributed by atoms with van der Waals surface area (Å²) in [5.74, 6) is 0.215. The molecule has 3 N–H and O–H groups in total. The molecular weight excluding hydrogens is 338 g/mol. The van der Waals surface area contributed by atoms with Gasteiger partial charge in [-0.25, -0.2) is 0 Å². The van der Waals surface area contributed by atoms with Gasteiger partial charge in [0.2, 0.25) is 11.8 Å². The Morgan fingerprint density at radius 1 is 1.07 bits per heavy atom. The fourth-order valence-corrected chi connectivity index (χ4v) is 3.55. The van der Waals surface area contributed by atoms with E-state index < -0.39 is 0 Å². The Kier molecular flexibility index (Phi) is 6.24. The van der Waals surface area contributed by atoms with Crippen LogP contribution in [0.4, 0.5) is 5.69 Å². The fourth-order valence-electron chi connectivity index (χ4n) is 3.55. The molecule has 0 bridgehead atoms. The van der Waals surface area contributed by atoms with Gasteiger partial charge in [0, 0.05) is 25.2 Å². The van der Waals surface area contributed by atoms with Crippen LogP contribution in [0, 0.1) is 5.92 Å². The van der Waals surface area contributed by atoms with E-state index in [1.807, 2.05) is 42.5 Å². The number of nitrogens with one attached hydrogen (secondary N) is 1. The molecule has 0 atom stereocenters. The third-order valence-electron chi connectivity index (χ3n) is 5.16. The highest BCUT2D eigenvalue weighted by molar-refractivity contribution is 5.93. The highest BCUT2D eigenvalue weighted by Gasteiger charge is 2.22. The summed E-state index contributed by atoms with van der Waals surface area (Å²) in [5.41, 5.74) is 9.45. The normalized spacial score (nSPS) is 14.1. The van der Waals surface area contributed by atoms with Gasteiger partial charge in [-0.3, -0.25) is 9.59 Å². The number of amides is 2. The van der Waals surface area contributed by atoms with E-state index in [1.54, 1.807) is 11.9 Å². The second-order valence-corrected chi connectivity index (χ2v) is 7.20. The number of carbonyl (C=O) groups excluding carboxylic acids is 2. The van der Waals surface area contributed by atoms with Gasteiger partial charge in [0.15, 0.2) is 0 Å². The summed E-state index contributed by atoms with van der Waals surface area (Å²) in [6.45, 7) is 0.545. The monoisotopic (exact) mass is 365 g/mol. The Balaban J connectivity index is 1.67. The van der Waals surface area contributed by atoms with Crippen LogP contribution in [0.2, 0.25) is 0 Å². The second-order valence-electron chi connectivity index (χ2n) is 7.20. The van der Waals surface area contributed by atoms with Gasteiger partial charge in [0.1, 0.15) is 0 Å². The van der Waals surface area contributed by atoms with E-state index in [0.717, 1.165) is 48.1 Å². The quantitative estimate of drug-likeness (QED) is 0.824. The van der Waals surface area contributed by atoms with E-state index in [4.69, 9.17) is 5.73 Å². The first kappa shape index (κ1) is 19.1. The van der Waals surface area contributed by atoms with E-state index in [0.29, 0.717) is 6.54 Å². The molecule has 5 heteroatoms. The zero-order chi connectivity index (χ0) is 19.2. The van der Waals surface area contributed by atoms with Gasteiger partial charge >= 0.3 is 0 Å². The van der Waals surface area contributed by atoms with Crippen molar-refractivity contribution in [2.75, 3.05) is 18.9 Å². The van der Waals surface area contributed by atoms with E-state index in [2.05, 4.69) is 11.4 Å². The molecule has 2 aromatic rings. The van der Waals surface area contributed by atoms with E-state index in [9.17, 15) is 9.59 Å². The molecule has 0 saturated heterocycles. The van der Waals surface area contributed by atoms with Gasteiger partial charge in [-0.15, -0.1) is 0 Å². The Labute approximate surface area is 160 Å². The molecular formula is C22H27N3O2. The van der Waals surface area contributed by atoms with Crippen molar-refractivity contribution < 1.29 is 9.59 Å². The Hall–Kier alpha value is -2.66. The number of carbonyl (C=O) groups is 2. The molecule has 0 radical (unpaired) electrons. The summed E-state index contributed by atoms with van der Waals surface area (Å²) in [6.07, 6.45) is 4.30. The SMILES string of the molecule is CN(Cc1cccc(-c2ccc(NC(=O)C3CCCC3)cc2)c1)C(=O)CN. The maximum Gasteiger partial charge on any atom is 0.236 e. The summed E-state index contributed by atoms with van der Waals surface area (Å²) in [4.78, 5) is 25.5. The summed E-state index contributed by atoms with van der Waals surface area (Å²) in [6, 6.07) is 16.0. The van der Waals surface area contributed by atoms with E-state index in [1.165, 1.54) is 0 Å². The average Bonchev–Trinajstić information content (AvgIpc) is 3.23. The third-order valence-corrected chi connectivity index (χ3v) is 5.16. The van der Waals surface area contributed by atoms with Crippen molar-refractivity contribution in [1.82, 2.24) is 4.90 Å². The van der Waals surface area contributed by atoms with Crippen molar-refractivity contribution in [2.45, 2.75) is 32.2 Å². The Morgan fingerprint density at radius 3 is 2.44 bits per heavy atom. The summed E-state index contributed by atoms with van der Waals surface area (Å²) in [7, 11) is 1.75. The average molecular weight is 365 g/mol. The minimum absolute atomic E-state index is 0.0181. The number of hydrogen-bond acceptors (Lipinski definition) is 3. The number of likely N-dealkylation sites (N-methyl/N-ethyl adjacent to an activating group) is 1. The lowest BCUT2D eigenvalue weighted by Crippen LogP contribution is -2.32. The van der Waals surface area contributed by atoms with Gasteiger partial charge in [-0.05, 0) is 47.7 Å². The van der Waals surface area contributed by atoms with Crippen LogP contribution >= 0.6 is 0 Å².